The van der Waals surface area contributed by atoms with Gasteiger partial charge in [0.2, 0.25) is 0 Å². The number of hydrogen-bond donors (Lipinski definition) is 1. The number of fused-ring (bicyclic) bond motifs is 1. The molecule has 1 aromatic rings. The molecule has 2 fully saturated rings. The van der Waals surface area contributed by atoms with Gasteiger partial charge in [-0.05, 0) is 13.8 Å². The quantitative estimate of drug-likeness (QED) is 0.617. The number of H-pyrrole nitrogens is 1. The molecule has 0 aromatic carbocycles. The summed E-state index contributed by atoms with van der Waals surface area (Å²) in [6.07, 6.45) is -3.54. The van der Waals surface area contributed by atoms with Crippen LogP contribution in [0.5, 0.6) is 0 Å². The number of nitrogens with zero attached hydrogens (tertiary/aromatic N) is 1. The molecule has 134 valence electrons. The highest BCUT2D eigenvalue weighted by atomic mass is 35.5. The van der Waals surface area contributed by atoms with Gasteiger partial charge in [0.25, 0.3) is 10.7 Å². The second kappa shape index (κ2) is 6.05. The van der Waals surface area contributed by atoms with E-state index in [1.54, 1.807) is 13.8 Å². The molecular formula is C12H15ClFN2O7P. The molecule has 24 heavy (non-hydrogen) atoms. The standard InChI is InChI=1S/C12H15ClFN2O7P/c1-6(2)22-24(19)20-5-7-9(23-24)12(13,14)10(21-7)16-4-3-8(17)15-11(16)18/h3-4,6-7,9-10H,5H2,1-2H3,(H,15,17,18)/t7-,9-,10-,12-,24?/m1/s1. The second-order valence-corrected chi connectivity index (χ2v) is 7.80. The Bertz CT molecular complexity index is 794. The first-order chi connectivity index (χ1) is 11.1. The molecule has 0 bridgehead atoms. The van der Waals surface area contributed by atoms with Gasteiger partial charge in [0.15, 0.2) is 12.3 Å². The minimum Gasteiger partial charge on any atom is -0.344 e. The van der Waals surface area contributed by atoms with Crippen LogP contribution < -0.4 is 11.2 Å². The molecule has 1 aromatic heterocycles. The third-order valence-corrected chi connectivity index (χ3v) is 5.47. The smallest absolute Gasteiger partial charge is 0.344 e. The number of halogens is 2. The van der Waals surface area contributed by atoms with Crippen LogP contribution in [0.15, 0.2) is 21.9 Å². The number of aromatic amines is 1. The zero-order valence-electron chi connectivity index (χ0n) is 12.7. The Kier molecular flexibility index (Phi) is 4.48. The van der Waals surface area contributed by atoms with Crippen molar-refractivity contribution < 1.29 is 27.3 Å². The number of phosphoric acid groups is 1. The first-order valence-corrected chi connectivity index (χ1v) is 8.92. The first kappa shape index (κ1) is 17.8. The van der Waals surface area contributed by atoms with Gasteiger partial charge in [-0.1, -0.05) is 11.6 Å². The zero-order valence-corrected chi connectivity index (χ0v) is 14.3. The summed E-state index contributed by atoms with van der Waals surface area (Å²) in [5.74, 6) is 0. The van der Waals surface area contributed by atoms with E-state index in [1.165, 1.54) is 0 Å². The molecule has 3 rings (SSSR count). The van der Waals surface area contributed by atoms with Crippen LogP contribution in [0.4, 0.5) is 4.39 Å². The molecule has 0 aliphatic carbocycles. The highest BCUT2D eigenvalue weighted by molar-refractivity contribution is 7.48. The summed E-state index contributed by atoms with van der Waals surface area (Å²) in [5, 5.41) is -2.73. The van der Waals surface area contributed by atoms with E-state index < -0.39 is 48.7 Å². The number of phosphoric ester groups is 1. The van der Waals surface area contributed by atoms with Crippen LogP contribution in [0.3, 0.4) is 0 Å². The monoisotopic (exact) mass is 384 g/mol. The van der Waals surface area contributed by atoms with Gasteiger partial charge in [-0.3, -0.25) is 27.9 Å². The van der Waals surface area contributed by atoms with Gasteiger partial charge in [-0.2, -0.15) is 0 Å². The summed E-state index contributed by atoms with van der Waals surface area (Å²) < 4.78 is 48.9. The molecule has 2 aliphatic rings. The summed E-state index contributed by atoms with van der Waals surface area (Å²) in [7, 11) is -4.01. The van der Waals surface area contributed by atoms with E-state index in [0.717, 1.165) is 16.8 Å². The van der Waals surface area contributed by atoms with E-state index in [-0.39, 0.29) is 6.61 Å². The zero-order chi connectivity index (χ0) is 17.7. The lowest BCUT2D eigenvalue weighted by atomic mass is 10.1. The Balaban J connectivity index is 1.91. The maximum absolute atomic E-state index is 15.1. The number of nitrogens with one attached hydrogen (secondary N) is 1. The molecule has 5 atom stereocenters. The third kappa shape index (κ3) is 3.10. The average Bonchev–Trinajstić information content (AvgIpc) is 2.69. The van der Waals surface area contributed by atoms with Crippen LogP contribution in [0.2, 0.25) is 0 Å². The van der Waals surface area contributed by atoms with Gasteiger partial charge >= 0.3 is 13.5 Å². The maximum Gasteiger partial charge on any atom is 0.475 e. The molecule has 12 heteroatoms. The molecule has 2 saturated heterocycles. The lowest BCUT2D eigenvalue weighted by molar-refractivity contribution is -0.0749. The van der Waals surface area contributed by atoms with Gasteiger partial charge in [0.05, 0.1) is 12.7 Å². The highest BCUT2D eigenvalue weighted by Crippen LogP contribution is 2.60. The molecule has 3 heterocycles. The van der Waals surface area contributed by atoms with E-state index >= 15 is 4.39 Å². The SMILES string of the molecule is CC(C)OP1(=O)OC[C@H]2O[C@@H](n3ccc(=O)[nH]c3=O)[C@@](F)(Cl)[C@@H]2O1. The second-order valence-electron chi connectivity index (χ2n) is 5.64. The largest absolute Gasteiger partial charge is 0.475 e. The summed E-state index contributed by atoms with van der Waals surface area (Å²) >= 11 is 5.92. The summed E-state index contributed by atoms with van der Waals surface area (Å²) in [6, 6.07) is 1.02. The Morgan fingerprint density at radius 3 is 2.88 bits per heavy atom. The van der Waals surface area contributed by atoms with E-state index in [4.69, 9.17) is 29.9 Å². The van der Waals surface area contributed by atoms with Crippen LogP contribution in [0.25, 0.3) is 0 Å². The van der Waals surface area contributed by atoms with Crippen molar-refractivity contribution in [2.45, 2.75) is 43.5 Å². The fourth-order valence-corrected chi connectivity index (χ4v) is 4.48. The molecule has 0 saturated carbocycles. The van der Waals surface area contributed by atoms with Crippen molar-refractivity contribution in [1.29, 1.82) is 0 Å². The number of alkyl halides is 2. The van der Waals surface area contributed by atoms with Crippen LogP contribution in [0, 0.1) is 0 Å². The topological polar surface area (TPSA) is 109 Å². The van der Waals surface area contributed by atoms with E-state index in [1.807, 2.05) is 4.98 Å². The van der Waals surface area contributed by atoms with Crippen molar-refractivity contribution in [3.05, 3.63) is 33.1 Å². The summed E-state index contributed by atoms with van der Waals surface area (Å²) in [6.45, 7) is 2.92. The molecule has 0 radical (unpaired) electrons. The molecular weight excluding hydrogens is 370 g/mol. The van der Waals surface area contributed by atoms with Crippen molar-refractivity contribution in [1.82, 2.24) is 9.55 Å². The van der Waals surface area contributed by atoms with Crippen molar-refractivity contribution in [3.63, 3.8) is 0 Å². The Hall–Kier alpha value is -1.03. The van der Waals surface area contributed by atoms with Crippen molar-refractivity contribution >= 4 is 19.4 Å². The van der Waals surface area contributed by atoms with Crippen LogP contribution in [-0.2, 0) is 22.9 Å². The molecule has 9 nitrogen and oxygen atoms in total. The van der Waals surface area contributed by atoms with E-state index in [9.17, 15) is 14.2 Å². The van der Waals surface area contributed by atoms with Crippen LogP contribution in [0.1, 0.15) is 20.1 Å². The van der Waals surface area contributed by atoms with Gasteiger partial charge in [-0.25, -0.2) is 13.8 Å². The van der Waals surface area contributed by atoms with Gasteiger partial charge in [-0.15, -0.1) is 0 Å². The number of ether oxygens (including phenoxy) is 1. The summed E-state index contributed by atoms with van der Waals surface area (Å²) in [4.78, 5) is 24.9. The summed E-state index contributed by atoms with van der Waals surface area (Å²) in [5.41, 5.74) is -1.56. The highest BCUT2D eigenvalue weighted by Gasteiger charge is 2.63. The minimum absolute atomic E-state index is 0.290. The normalized spacial score (nSPS) is 39.1. The van der Waals surface area contributed by atoms with Gasteiger partial charge in [0, 0.05) is 12.3 Å². The van der Waals surface area contributed by atoms with E-state index in [0.29, 0.717) is 0 Å². The fourth-order valence-electron chi connectivity index (χ4n) is 2.49. The molecule has 0 spiro atoms. The number of rotatable bonds is 3. The number of hydrogen-bond acceptors (Lipinski definition) is 7. The lowest BCUT2D eigenvalue weighted by Crippen LogP contribution is -2.45. The van der Waals surface area contributed by atoms with Crippen molar-refractivity contribution in [3.8, 4) is 0 Å². The Labute approximate surface area is 140 Å². The molecule has 1 unspecified atom stereocenters. The minimum atomic E-state index is -4.01. The fraction of sp³-hybridized carbons (Fsp3) is 0.667. The average molecular weight is 385 g/mol. The first-order valence-electron chi connectivity index (χ1n) is 7.08. The Morgan fingerprint density at radius 2 is 2.25 bits per heavy atom. The van der Waals surface area contributed by atoms with Crippen molar-refractivity contribution in [2.75, 3.05) is 6.61 Å². The number of aromatic nitrogens is 2. The van der Waals surface area contributed by atoms with Gasteiger partial charge in [0.1, 0.15) is 6.10 Å². The van der Waals surface area contributed by atoms with Crippen LogP contribution in [-0.4, -0.2) is 39.6 Å². The molecule has 1 N–H and O–H groups in total. The third-order valence-electron chi connectivity index (χ3n) is 3.43. The lowest BCUT2D eigenvalue weighted by Gasteiger charge is -2.33. The predicted molar refractivity (Wildman–Crippen MR) is 79.6 cm³/mol. The van der Waals surface area contributed by atoms with Crippen LogP contribution >= 0.6 is 19.4 Å². The van der Waals surface area contributed by atoms with E-state index in [2.05, 4.69) is 0 Å². The maximum atomic E-state index is 15.1. The predicted octanol–water partition coefficient (Wildman–Crippen LogP) is 1.29. The van der Waals surface area contributed by atoms with Crippen molar-refractivity contribution in [2.24, 2.45) is 0 Å². The van der Waals surface area contributed by atoms with Gasteiger partial charge < -0.3 is 4.74 Å². The molecule has 2 aliphatic heterocycles. The Morgan fingerprint density at radius 1 is 1.54 bits per heavy atom. The molecule has 0 amide bonds.